The van der Waals surface area contributed by atoms with E-state index in [0.29, 0.717) is 16.9 Å². The van der Waals surface area contributed by atoms with Gasteiger partial charge in [-0.2, -0.15) is 0 Å². The summed E-state index contributed by atoms with van der Waals surface area (Å²) in [5.74, 6) is 1.22. The molecule has 0 saturated heterocycles. The Morgan fingerprint density at radius 1 is 0.971 bits per heavy atom. The number of carbonyl (C=O) groups is 1. The molecule has 1 amide bonds. The Morgan fingerprint density at radius 2 is 1.60 bits per heavy atom. The summed E-state index contributed by atoms with van der Waals surface area (Å²) < 4.78 is 51.3. The minimum absolute atomic E-state index is 0.227. The van der Waals surface area contributed by atoms with Crippen LogP contribution in [0.1, 0.15) is 15.9 Å². The molecule has 182 valence electrons. The van der Waals surface area contributed by atoms with E-state index in [4.69, 9.17) is 9.15 Å². The van der Waals surface area contributed by atoms with Crippen molar-refractivity contribution in [3.63, 3.8) is 0 Å². The summed E-state index contributed by atoms with van der Waals surface area (Å²) in [5.41, 5.74) is 6.05. The van der Waals surface area contributed by atoms with Crippen LogP contribution in [0, 0.1) is 6.92 Å². The molecule has 1 aromatic heterocycles. The van der Waals surface area contributed by atoms with Crippen LogP contribution in [-0.2, 0) is 0 Å². The molecule has 0 saturated carbocycles. The van der Waals surface area contributed by atoms with E-state index in [2.05, 4.69) is 26.5 Å². The summed E-state index contributed by atoms with van der Waals surface area (Å²) in [6.45, 7) is 2.01. The first-order chi connectivity index (χ1) is 16.5. The average Bonchev–Trinajstić information content (AvgIpc) is 2.81. The van der Waals surface area contributed by atoms with E-state index >= 15 is 0 Å². The Bertz CT molecular complexity index is 1380. The number of hydrogen-bond donors (Lipinski definition) is 2. The second kappa shape index (κ2) is 11.2. The van der Waals surface area contributed by atoms with Gasteiger partial charge in [0.2, 0.25) is 5.36 Å². The van der Waals surface area contributed by atoms with Crippen LogP contribution < -0.4 is 20.6 Å². The van der Waals surface area contributed by atoms with E-state index in [1.807, 2.05) is 67.6 Å². The largest absolute Gasteiger partial charge is 0.673 e. The van der Waals surface area contributed by atoms with Crippen molar-refractivity contribution >= 4 is 40.1 Å². The van der Waals surface area contributed by atoms with Gasteiger partial charge in [0.1, 0.15) is 17.1 Å². The van der Waals surface area contributed by atoms with Crippen molar-refractivity contribution in [2.75, 3.05) is 7.11 Å². The number of aryl methyl sites for hydroxylation is 1. The highest BCUT2D eigenvalue weighted by atomic mass is 79.9. The zero-order chi connectivity index (χ0) is 25.6. The van der Waals surface area contributed by atoms with E-state index in [9.17, 15) is 22.1 Å². The molecule has 4 aromatic rings. The van der Waals surface area contributed by atoms with Crippen LogP contribution in [0.15, 0.2) is 81.7 Å². The Hall–Kier alpha value is -3.60. The molecule has 0 fully saturated rings. The summed E-state index contributed by atoms with van der Waals surface area (Å²) >= 11 is 3.38. The van der Waals surface area contributed by atoms with Crippen LogP contribution in [0.3, 0.4) is 0 Å². The maximum absolute atomic E-state index is 12.5. The van der Waals surface area contributed by atoms with Gasteiger partial charge in [0.15, 0.2) is 0 Å². The molecule has 0 aliphatic heterocycles. The predicted octanol–water partition coefficient (Wildman–Crippen LogP) is 4.81. The van der Waals surface area contributed by atoms with E-state index in [1.54, 1.807) is 19.2 Å². The highest BCUT2D eigenvalue weighted by Crippen LogP contribution is 2.24. The summed E-state index contributed by atoms with van der Waals surface area (Å²) in [5, 5.41) is 4.69. The predicted molar refractivity (Wildman–Crippen MR) is 129 cm³/mol. The van der Waals surface area contributed by atoms with Crippen LogP contribution in [0.25, 0.3) is 22.3 Å². The van der Waals surface area contributed by atoms with Gasteiger partial charge in [0, 0.05) is 15.6 Å². The number of hydrazine groups is 1. The van der Waals surface area contributed by atoms with E-state index < -0.39 is 7.25 Å². The molecule has 0 radical (unpaired) electrons. The van der Waals surface area contributed by atoms with Crippen molar-refractivity contribution in [3.8, 4) is 17.1 Å². The molecule has 3 aromatic carbocycles. The molecule has 11 heteroatoms. The SMILES string of the molecule is COc1ccc(-c2c/c(=[NH+]\NC(=O)c3ccc(Br)cc3)c3cc(C)ccc3o2)cc1.F[B-](F)(F)F. The van der Waals surface area contributed by atoms with Crippen LogP contribution in [-0.4, -0.2) is 20.3 Å². The zero-order valence-corrected chi connectivity index (χ0v) is 20.2. The molecule has 0 spiro atoms. The van der Waals surface area contributed by atoms with Gasteiger partial charge in [-0.3, -0.25) is 4.79 Å². The second-order valence-corrected chi connectivity index (χ2v) is 8.25. The van der Waals surface area contributed by atoms with Gasteiger partial charge in [-0.25, -0.2) is 0 Å². The van der Waals surface area contributed by atoms with Gasteiger partial charge in [0.05, 0.1) is 18.6 Å². The van der Waals surface area contributed by atoms with Crippen LogP contribution in [0.4, 0.5) is 17.3 Å². The number of fused-ring (bicyclic) bond motifs is 1. The summed E-state index contributed by atoms with van der Waals surface area (Å²) in [4.78, 5) is 12.5. The fraction of sp³-hybridized carbons (Fsp3) is 0.0833. The first-order valence-corrected chi connectivity index (χ1v) is 11.0. The fourth-order valence-corrected chi connectivity index (χ4v) is 3.36. The van der Waals surface area contributed by atoms with Gasteiger partial charge in [0.25, 0.3) is 0 Å². The van der Waals surface area contributed by atoms with Crippen LogP contribution in [0.2, 0.25) is 0 Å². The van der Waals surface area contributed by atoms with Gasteiger partial charge >= 0.3 is 13.2 Å². The zero-order valence-electron chi connectivity index (χ0n) is 18.6. The fourth-order valence-electron chi connectivity index (χ4n) is 3.10. The Labute approximate surface area is 206 Å². The second-order valence-electron chi connectivity index (χ2n) is 7.33. The van der Waals surface area contributed by atoms with Crippen LogP contribution >= 0.6 is 15.9 Å². The average molecular weight is 551 g/mol. The molecule has 5 nitrogen and oxygen atoms in total. The minimum Gasteiger partial charge on any atom is -0.497 e. The van der Waals surface area contributed by atoms with Crippen LogP contribution in [0.5, 0.6) is 5.75 Å². The number of carbonyl (C=O) groups excluding carboxylic acids is 1. The maximum atomic E-state index is 12.5. The first kappa shape index (κ1) is 26.0. The van der Waals surface area contributed by atoms with Crippen molar-refractivity contribution in [2.24, 2.45) is 0 Å². The quantitative estimate of drug-likeness (QED) is 0.218. The highest BCUT2D eigenvalue weighted by molar-refractivity contribution is 9.10. The molecule has 0 unspecified atom stereocenters. The van der Waals surface area contributed by atoms with E-state index in [0.717, 1.165) is 32.1 Å². The standard InChI is InChI=1S/C24H19BrN2O3.BF4/c1-15-3-12-22-20(13-15)21(26-27-24(28)17-4-8-18(25)9-5-17)14-23(30-22)16-6-10-19(29-2)11-7-16;2-1(3,4)5/h3-14H,1-2H3,(H,27,28);/q;-1/p+1/b26-21+;. The third-order valence-electron chi connectivity index (χ3n) is 4.71. The lowest BCUT2D eigenvalue weighted by atomic mass is 10.1. The monoisotopic (exact) mass is 550 g/mol. The molecule has 4 rings (SSSR count). The van der Waals surface area contributed by atoms with Gasteiger partial charge in [-0.15, -0.1) is 10.5 Å². The molecule has 0 bridgehead atoms. The number of ether oxygens (including phenoxy) is 1. The minimum atomic E-state index is -6.00. The topological polar surface area (TPSA) is 65.4 Å². The molecular formula is C24H20BBrF4N2O3. The summed E-state index contributed by atoms with van der Waals surface area (Å²) in [7, 11) is -4.37. The maximum Gasteiger partial charge on any atom is 0.673 e. The molecule has 0 aliphatic carbocycles. The highest BCUT2D eigenvalue weighted by Gasteiger charge is 2.20. The lowest BCUT2D eigenvalue weighted by molar-refractivity contribution is -0.548. The normalized spacial score (nSPS) is 11.6. The van der Waals surface area contributed by atoms with Crippen molar-refractivity contribution in [2.45, 2.75) is 6.92 Å². The molecular weight excluding hydrogens is 531 g/mol. The molecule has 1 heterocycles. The number of amides is 1. The van der Waals surface area contributed by atoms with Gasteiger partial charge in [-0.05, 0) is 67.6 Å². The number of halogens is 5. The molecule has 0 aliphatic rings. The smallest absolute Gasteiger partial charge is 0.497 e. The summed E-state index contributed by atoms with van der Waals surface area (Å²) in [6.07, 6.45) is 0. The number of rotatable bonds is 4. The van der Waals surface area contributed by atoms with Crippen molar-refractivity contribution in [1.29, 1.82) is 0 Å². The lowest BCUT2D eigenvalue weighted by Gasteiger charge is -2.05. The molecule has 35 heavy (non-hydrogen) atoms. The van der Waals surface area contributed by atoms with Gasteiger partial charge in [-0.1, -0.05) is 27.6 Å². The summed E-state index contributed by atoms with van der Waals surface area (Å²) in [6, 6.07) is 22.6. The third-order valence-corrected chi connectivity index (χ3v) is 5.24. The molecule has 2 N–H and O–H groups in total. The molecule has 0 atom stereocenters. The third kappa shape index (κ3) is 7.71. The number of methoxy groups -OCH3 is 1. The van der Waals surface area contributed by atoms with E-state index in [1.165, 1.54) is 0 Å². The lowest BCUT2D eigenvalue weighted by Crippen LogP contribution is -2.87. The Balaban J connectivity index is 0.000000623. The Kier molecular flexibility index (Phi) is 8.34. The van der Waals surface area contributed by atoms with E-state index in [-0.39, 0.29) is 5.91 Å². The number of benzene rings is 3. The number of nitrogens with one attached hydrogen (secondary N) is 2. The Morgan fingerprint density at radius 3 is 2.20 bits per heavy atom. The van der Waals surface area contributed by atoms with Crippen molar-refractivity contribution in [3.05, 3.63) is 93.8 Å². The van der Waals surface area contributed by atoms with Gasteiger partial charge < -0.3 is 26.4 Å². The first-order valence-electron chi connectivity index (χ1n) is 10.2. The van der Waals surface area contributed by atoms with Crippen molar-refractivity contribution < 1.29 is 36.3 Å². The number of hydrogen-bond acceptors (Lipinski definition) is 3. The van der Waals surface area contributed by atoms with Crippen molar-refractivity contribution in [1.82, 2.24) is 5.43 Å².